The van der Waals surface area contributed by atoms with Gasteiger partial charge in [0.15, 0.2) is 0 Å². The van der Waals surface area contributed by atoms with Gasteiger partial charge in [0.2, 0.25) is 0 Å². The van der Waals surface area contributed by atoms with Crippen LogP contribution in [-0.4, -0.2) is 129 Å². The van der Waals surface area contributed by atoms with Gasteiger partial charge in [-0.25, -0.2) is 18.1 Å². The Balaban J connectivity index is 0.766. The number of nitrogens with one attached hydrogen (secondary N) is 3. The second-order valence-corrected chi connectivity index (χ2v) is 24.0. The van der Waals surface area contributed by atoms with E-state index in [1.165, 1.54) is 28.8 Å². The maximum Gasteiger partial charge on any atom is 0.293 e. The number of likely N-dealkylation sites (tertiary alicyclic amines) is 1. The summed E-state index contributed by atoms with van der Waals surface area (Å²) in [6, 6.07) is 31.3. The number of carbonyl (C=O) groups excluding carboxylic acids is 1. The number of methoxy groups -OCH3 is 1. The summed E-state index contributed by atoms with van der Waals surface area (Å²) in [5, 5.41) is 16.4. The highest BCUT2D eigenvalue weighted by Crippen LogP contribution is 2.53. The van der Waals surface area contributed by atoms with E-state index in [0.717, 1.165) is 133 Å². The minimum Gasteiger partial charge on any atom is -0.497 e. The van der Waals surface area contributed by atoms with E-state index < -0.39 is 31.4 Å². The smallest absolute Gasteiger partial charge is 0.293 e. The van der Waals surface area contributed by atoms with E-state index in [9.17, 15) is 23.3 Å². The number of nitro groups is 1. The summed E-state index contributed by atoms with van der Waals surface area (Å²) in [7, 11) is -2.87. The second-order valence-electron chi connectivity index (χ2n) is 22.3. The van der Waals surface area contributed by atoms with Gasteiger partial charge >= 0.3 is 0 Å². The van der Waals surface area contributed by atoms with Crippen LogP contribution in [0.5, 0.6) is 17.2 Å². The molecule has 0 radical (unpaired) electrons. The molecule has 1 aliphatic carbocycles. The molecular formula is C59H71N9O8S. The molecule has 0 bridgehead atoms. The lowest BCUT2D eigenvalue weighted by Crippen LogP contribution is -2.60. The third kappa shape index (κ3) is 11.5. The number of piperazine rings is 1. The number of H-pyrrole nitrogens is 1. The Morgan fingerprint density at radius 1 is 0.896 bits per heavy atom. The number of piperidine rings is 1. The first kappa shape index (κ1) is 52.5. The van der Waals surface area contributed by atoms with Crippen LogP contribution in [0.3, 0.4) is 0 Å². The molecule has 11 rings (SSSR count). The van der Waals surface area contributed by atoms with E-state index in [1.807, 2.05) is 24.3 Å². The number of rotatable bonds is 17. The molecule has 1 saturated carbocycles. The summed E-state index contributed by atoms with van der Waals surface area (Å²) in [6.45, 7) is 14.0. The van der Waals surface area contributed by atoms with Gasteiger partial charge in [-0.15, -0.1) is 0 Å². The van der Waals surface area contributed by atoms with Crippen LogP contribution in [0.1, 0.15) is 97.8 Å². The number of benzene rings is 4. The Bertz CT molecular complexity index is 3180. The predicted molar refractivity (Wildman–Crippen MR) is 298 cm³/mol. The van der Waals surface area contributed by atoms with E-state index >= 15 is 0 Å². The first-order valence-corrected chi connectivity index (χ1v) is 28.9. The van der Waals surface area contributed by atoms with E-state index in [0.29, 0.717) is 42.0 Å². The Kier molecular flexibility index (Phi) is 15.3. The number of hydrogen-bond donors (Lipinski definition) is 3. The van der Waals surface area contributed by atoms with Crippen molar-refractivity contribution in [1.82, 2.24) is 29.4 Å². The number of nitrogens with zero attached hydrogens (tertiary/aromatic N) is 6. The molecule has 18 heteroatoms. The molecule has 1 amide bonds. The molecule has 77 heavy (non-hydrogen) atoms. The highest BCUT2D eigenvalue weighted by atomic mass is 32.2. The molecule has 406 valence electrons. The van der Waals surface area contributed by atoms with Gasteiger partial charge in [0, 0.05) is 113 Å². The number of aromatic nitrogens is 2. The fourth-order valence-corrected chi connectivity index (χ4v) is 13.8. The Morgan fingerprint density at radius 3 is 2.45 bits per heavy atom. The average molecular weight is 1070 g/mol. The molecule has 2 atom stereocenters. The largest absolute Gasteiger partial charge is 0.497 e. The molecule has 0 unspecified atom stereocenters. The average Bonchev–Trinajstić information content (AvgIpc) is 4.14. The van der Waals surface area contributed by atoms with Gasteiger partial charge in [0.25, 0.3) is 21.6 Å². The van der Waals surface area contributed by atoms with Crippen molar-refractivity contribution in [3.63, 3.8) is 0 Å². The van der Waals surface area contributed by atoms with Gasteiger partial charge in [-0.2, -0.15) is 0 Å². The first-order chi connectivity index (χ1) is 37.3. The van der Waals surface area contributed by atoms with Crippen LogP contribution in [0.15, 0.2) is 114 Å². The molecule has 17 nitrogen and oxygen atoms in total. The number of amides is 1. The van der Waals surface area contributed by atoms with Crippen LogP contribution in [0.4, 0.5) is 17.1 Å². The quantitative estimate of drug-likeness (QED) is 0.0579. The van der Waals surface area contributed by atoms with Crippen molar-refractivity contribution in [2.24, 2.45) is 11.3 Å². The molecule has 4 aromatic carbocycles. The molecule has 3 N–H and O–H groups in total. The van der Waals surface area contributed by atoms with Crippen LogP contribution in [0.2, 0.25) is 0 Å². The van der Waals surface area contributed by atoms with E-state index in [2.05, 4.69) is 89.9 Å². The zero-order valence-corrected chi connectivity index (χ0v) is 45.2. The van der Waals surface area contributed by atoms with Crippen LogP contribution < -0.4 is 24.4 Å². The van der Waals surface area contributed by atoms with Gasteiger partial charge in [0.1, 0.15) is 28.6 Å². The van der Waals surface area contributed by atoms with E-state index in [1.54, 1.807) is 37.7 Å². The molecule has 4 aliphatic heterocycles. The monoisotopic (exact) mass is 1070 g/mol. The summed E-state index contributed by atoms with van der Waals surface area (Å²) < 4.78 is 47.5. The topological polar surface area (TPSA) is 188 Å². The van der Waals surface area contributed by atoms with Gasteiger partial charge in [-0.3, -0.25) is 29.6 Å². The second kappa shape index (κ2) is 22.4. The molecule has 1 spiro atoms. The number of aromatic amines is 1. The molecular weight excluding hydrogens is 995 g/mol. The van der Waals surface area contributed by atoms with Crippen molar-refractivity contribution in [3.8, 4) is 17.2 Å². The Morgan fingerprint density at radius 2 is 1.69 bits per heavy atom. The number of sulfonamides is 1. The SMILES string of the molecule is COc1ccc(CN2CCN(C3CC4(CCN(c5ccc(C(=O)NS(=O)(=O)c6ccc(NC[C@@H]7CCN(C8CCOCC8)C7)c([N+](=O)[O-])c6)c(Oc6cnc7[nH]ccc7c6)c5)CC4)C3)[C@@H](c3ccccc3C(C)C)C2)cc1. The Labute approximate surface area is 451 Å². The number of carbonyl (C=O) groups is 1. The van der Waals surface area contributed by atoms with Crippen molar-refractivity contribution in [2.45, 2.75) is 94.3 Å². The molecule has 6 aromatic rings. The summed E-state index contributed by atoms with van der Waals surface area (Å²) in [5.74, 6) is 1.16. The molecule has 4 saturated heterocycles. The van der Waals surface area contributed by atoms with Crippen LogP contribution >= 0.6 is 0 Å². The normalized spacial score (nSPS) is 20.9. The molecule has 6 heterocycles. The first-order valence-electron chi connectivity index (χ1n) is 27.4. The van der Waals surface area contributed by atoms with Crippen LogP contribution in [0, 0.1) is 21.4 Å². The third-order valence-electron chi connectivity index (χ3n) is 17.2. The van der Waals surface area contributed by atoms with Crippen molar-refractivity contribution in [2.75, 3.05) is 82.9 Å². The molecule has 5 fully saturated rings. The zero-order chi connectivity index (χ0) is 53.3. The highest BCUT2D eigenvalue weighted by Gasteiger charge is 2.50. The predicted octanol–water partition coefficient (Wildman–Crippen LogP) is 9.73. The summed E-state index contributed by atoms with van der Waals surface area (Å²) in [4.78, 5) is 43.3. The number of fused-ring (bicyclic) bond motifs is 1. The standard InChI is InChI=1S/C59H71N9O8S/c1-40(2)50-6-4-5-7-51(50)55-39-64(37-41-8-11-47(74-3)12-9-41)26-27-67(55)46-33-59(34-46)20-24-65(25-21-59)45-10-14-52(56(31-45)76-48-30-43-16-22-60-57(43)62-36-48)58(69)63-77(72,73)49-13-15-53(54(32-49)68(70)71)61-35-42-17-23-66(38-42)44-18-28-75-29-19-44/h4-16,22,30-32,36,40,42,44,46,55,61H,17-21,23-29,33-35,37-39H2,1-3H3,(H,60,62)(H,63,69)/t42-,55+/m0/s1. The van der Waals surface area contributed by atoms with Gasteiger partial charge in [-0.1, -0.05) is 50.2 Å². The van der Waals surface area contributed by atoms with Gasteiger partial charge < -0.3 is 29.4 Å². The van der Waals surface area contributed by atoms with Crippen molar-refractivity contribution in [1.29, 1.82) is 0 Å². The zero-order valence-electron chi connectivity index (χ0n) is 44.4. The maximum atomic E-state index is 14.2. The highest BCUT2D eigenvalue weighted by molar-refractivity contribution is 7.90. The summed E-state index contributed by atoms with van der Waals surface area (Å²) in [6.07, 6.45) is 10.6. The number of ether oxygens (including phenoxy) is 3. The van der Waals surface area contributed by atoms with E-state index in [4.69, 9.17) is 14.2 Å². The minimum atomic E-state index is -4.58. The third-order valence-corrected chi connectivity index (χ3v) is 18.5. The Hall–Kier alpha value is -6.57. The van der Waals surface area contributed by atoms with Crippen LogP contribution in [-0.2, 0) is 21.3 Å². The molecule has 5 aliphatic rings. The number of anilines is 2. The fraction of sp³-hybridized carbons (Fsp3) is 0.458. The number of hydrogen-bond acceptors (Lipinski definition) is 14. The maximum absolute atomic E-state index is 14.2. The van der Waals surface area contributed by atoms with Crippen LogP contribution in [0.25, 0.3) is 11.0 Å². The lowest BCUT2D eigenvalue weighted by atomic mass is 9.59. The van der Waals surface area contributed by atoms with Crippen molar-refractivity contribution < 1.29 is 32.3 Å². The number of nitro benzene ring substituents is 1. The van der Waals surface area contributed by atoms with Gasteiger partial charge in [-0.05, 0) is 134 Å². The van der Waals surface area contributed by atoms with E-state index in [-0.39, 0.29) is 28.3 Å². The van der Waals surface area contributed by atoms with Crippen molar-refractivity contribution in [3.05, 3.63) is 142 Å². The fourth-order valence-electron chi connectivity index (χ4n) is 12.8. The lowest BCUT2D eigenvalue weighted by Gasteiger charge is -2.58. The van der Waals surface area contributed by atoms with Gasteiger partial charge in [0.05, 0.1) is 28.7 Å². The molecule has 2 aromatic heterocycles. The lowest BCUT2D eigenvalue weighted by molar-refractivity contribution is -0.384. The summed E-state index contributed by atoms with van der Waals surface area (Å²) in [5.41, 5.74) is 5.72. The van der Waals surface area contributed by atoms with Crippen molar-refractivity contribution >= 4 is 44.0 Å². The summed E-state index contributed by atoms with van der Waals surface area (Å²) >= 11 is 0. The number of pyridine rings is 1. The minimum absolute atomic E-state index is 0.0151.